The summed E-state index contributed by atoms with van der Waals surface area (Å²) in [6.07, 6.45) is -4.45. The van der Waals surface area contributed by atoms with Crippen LogP contribution in [0.25, 0.3) is 0 Å². The Bertz CT molecular complexity index is 1340. The van der Waals surface area contributed by atoms with Crippen molar-refractivity contribution in [3.05, 3.63) is 131 Å². The fraction of sp³-hybridized carbons (Fsp3) is 0.143. The van der Waals surface area contributed by atoms with Crippen molar-refractivity contribution >= 4 is 11.7 Å². The number of aryl methyl sites for hydroxylation is 1. The topological polar surface area (TPSA) is 54.0 Å². The highest BCUT2D eigenvalue weighted by Crippen LogP contribution is 2.37. The number of aromatic nitrogens is 1. The molecule has 1 unspecified atom stereocenters. The second-order valence-corrected chi connectivity index (χ2v) is 8.40. The van der Waals surface area contributed by atoms with Crippen molar-refractivity contribution in [1.29, 1.82) is 0 Å². The molecule has 4 aromatic rings. The molecule has 8 heteroatoms. The molecule has 0 saturated carbocycles. The Morgan fingerprint density at radius 1 is 0.833 bits per heavy atom. The first-order valence-corrected chi connectivity index (χ1v) is 11.2. The van der Waals surface area contributed by atoms with E-state index in [1.807, 2.05) is 30.3 Å². The number of urea groups is 1. The molecule has 4 rings (SSSR count). The van der Waals surface area contributed by atoms with Crippen molar-refractivity contribution in [3.63, 3.8) is 0 Å². The van der Waals surface area contributed by atoms with Gasteiger partial charge >= 0.3 is 12.2 Å². The summed E-state index contributed by atoms with van der Waals surface area (Å²) in [5, 5.41) is 5.55. The molecule has 4 nitrogen and oxygen atoms in total. The molecular formula is C28H23F4N3O. The molecule has 0 fully saturated rings. The minimum Gasteiger partial charge on any atom is -0.322 e. The van der Waals surface area contributed by atoms with Crippen LogP contribution in [0.15, 0.2) is 97.1 Å². The Morgan fingerprint density at radius 2 is 1.50 bits per heavy atom. The molecule has 2 N–H and O–H groups in total. The van der Waals surface area contributed by atoms with Gasteiger partial charge in [0.15, 0.2) is 0 Å². The largest absolute Gasteiger partial charge is 0.416 e. The lowest BCUT2D eigenvalue weighted by Gasteiger charge is -2.36. The first kappa shape index (κ1) is 24.9. The van der Waals surface area contributed by atoms with E-state index in [1.54, 1.807) is 31.2 Å². The van der Waals surface area contributed by atoms with E-state index in [-0.39, 0.29) is 12.0 Å². The molecule has 1 atom stereocenters. The summed E-state index contributed by atoms with van der Waals surface area (Å²) in [6.45, 7) is 1.77. The molecule has 1 aromatic heterocycles. The van der Waals surface area contributed by atoms with Gasteiger partial charge in [0.25, 0.3) is 0 Å². The molecule has 1 heterocycles. The second-order valence-electron chi connectivity index (χ2n) is 8.40. The average Bonchev–Trinajstić information content (AvgIpc) is 2.85. The van der Waals surface area contributed by atoms with Gasteiger partial charge in [-0.05, 0) is 66.6 Å². The first-order valence-electron chi connectivity index (χ1n) is 11.2. The minimum absolute atomic E-state index is 0.127. The van der Waals surface area contributed by atoms with Crippen LogP contribution in [0.2, 0.25) is 0 Å². The van der Waals surface area contributed by atoms with E-state index in [0.29, 0.717) is 17.1 Å². The zero-order valence-corrected chi connectivity index (χ0v) is 19.3. The number of nitrogens with zero attached hydrogens (tertiary/aromatic N) is 1. The Morgan fingerprint density at radius 3 is 2.17 bits per heavy atom. The molecule has 0 aliphatic carbocycles. The highest BCUT2D eigenvalue weighted by Gasteiger charge is 2.40. The molecule has 2 amide bonds. The number of nitrogens with one attached hydrogen (secondary N) is 2. The fourth-order valence-corrected chi connectivity index (χ4v) is 4.05. The van der Waals surface area contributed by atoms with Crippen LogP contribution in [0.4, 0.5) is 28.0 Å². The monoisotopic (exact) mass is 493 g/mol. The maximum atomic E-state index is 13.7. The molecule has 0 spiro atoms. The van der Waals surface area contributed by atoms with Gasteiger partial charge < -0.3 is 10.6 Å². The Kier molecular flexibility index (Phi) is 7.05. The van der Waals surface area contributed by atoms with E-state index in [4.69, 9.17) is 0 Å². The van der Waals surface area contributed by atoms with Crippen LogP contribution < -0.4 is 10.6 Å². The molecule has 0 radical (unpaired) electrons. The SMILES string of the molecule is Cc1cccc(C(Cc2ccccc2)(NC(=O)Nc2ccc(F)cc2)c2cccc(C(F)(F)F)c2)n1. The third-order valence-corrected chi connectivity index (χ3v) is 5.75. The third kappa shape index (κ3) is 5.71. The van der Waals surface area contributed by atoms with Gasteiger partial charge in [-0.25, -0.2) is 9.18 Å². The zero-order valence-electron chi connectivity index (χ0n) is 19.3. The smallest absolute Gasteiger partial charge is 0.322 e. The van der Waals surface area contributed by atoms with Crippen LogP contribution in [-0.4, -0.2) is 11.0 Å². The maximum absolute atomic E-state index is 13.7. The number of alkyl halides is 3. The van der Waals surface area contributed by atoms with Gasteiger partial charge in [0, 0.05) is 17.8 Å². The van der Waals surface area contributed by atoms with Crippen LogP contribution in [0.1, 0.15) is 28.1 Å². The lowest BCUT2D eigenvalue weighted by Crippen LogP contribution is -2.50. The Balaban J connectivity index is 1.87. The van der Waals surface area contributed by atoms with Crippen LogP contribution in [0.3, 0.4) is 0 Å². The molecule has 0 bridgehead atoms. The van der Waals surface area contributed by atoms with Gasteiger partial charge in [-0.3, -0.25) is 4.98 Å². The number of carbonyl (C=O) groups is 1. The van der Waals surface area contributed by atoms with Crippen LogP contribution >= 0.6 is 0 Å². The normalized spacial score (nSPS) is 13.0. The molecule has 0 aliphatic heterocycles. The van der Waals surface area contributed by atoms with Crippen LogP contribution in [0.5, 0.6) is 0 Å². The fourth-order valence-electron chi connectivity index (χ4n) is 4.05. The highest BCUT2D eigenvalue weighted by molar-refractivity contribution is 5.90. The average molecular weight is 494 g/mol. The van der Waals surface area contributed by atoms with Crippen LogP contribution in [-0.2, 0) is 18.1 Å². The van der Waals surface area contributed by atoms with Crippen LogP contribution in [0, 0.1) is 12.7 Å². The third-order valence-electron chi connectivity index (χ3n) is 5.75. The van der Waals surface area contributed by atoms with Crippen molar-refractivity contribution < 1.29 is 22.4 Å². The summed E-state index contributed by atoms with van der Waals surface area (Å²) >= 11 is 0. The number of hydrogen-bond donors (Lipinski definition) is 2. The number of rotatable bonds is 6. The lowest BCUT2D eigenvalue weighted by atomic mass is 9.80. The highest BCUT2D eigenvalue weighted by atomic mass is 19.4. The number of benzene rings is 3. The zero-order chi connectivity index (χ0) is 25.8. The quantitative estimate of drug-likeness (QED) is 0.289. The molecule has 36 heavy (non-hydrogen) atoms. The molecule has 3 aromatic carbocycles. The van der Waals surface area contributed by atoms with E-state index >= 15 is 0 Å². The summed E-state index contributed by atoms with van der Waals surface area (Å²) in [5.74, 6) is -0.465. The van der Waals surface area contributed by atoms with Crippen molar-refractivity contribution in [1.82, 2.24) is 10.3 Å². The van der Waals surface area contributed by atoms with Crippen molar-refractivity contribution in [2.75, 3.05) is 5.32 Å². The van der Waals surface area contributed by atoms with Crippen molar-refractivity contribution in [2.45, 2.75) is 25.1 Å². The standard InChI is InChI=1S/C28H23F4N3O/c1-19-7-5-12-25(33-19)27(18-20-8-3-2-4-9-20,21-10-6-11-22(17-21)28(30,31)32)35-26(36)34-24-15-13-23(29)14-16-24/h2-17H,18H2,1H3,(H2,34,35,36). The summed E-state index contributed by atoms with van der Waals surface area (Å²) < 4.78 is 54.4. The summed E-state index contributed by atoms with van der Waals surface area (Å²) in [4.78, 5) is 17.9. The Hall–Kier alpha value is -4.20. The van der Waals surface area contributed by atoms with E-state index in [9.17, 15) is 22.4 Å². The summed E-state index contributed by atoms with van der Waals surface area (Å²) in [5.41, 5.74) is 0.0275. The number of carbonyl (C=O) groups excluding carboxylic acids is 1. The van der Waals surface area contributed by atoms with Crippen molar-refractivity contribution in [2.24, 2.45) is 0 Å². The molecule has 184 valence electrons. The number of anilines is 1. The van der Waals surface area contributed by atoms with E-state index < -0.39 is 29.1 Å². The van der Waals surface area contributed by atoms with E-state index in [1.165, 1.54) is 30.3 Å². The van der Waals surface area contributed by atoms with Crippen molar-refractivity contribution in [3.8, 4) is 0 Å². The summed E-state index contributed by atoms with van der Waals surface area (Å²) in [6, 6.07) is 23.7. The van der Waals surface area contributed by atoms with E-state index in [0.717, 1.165) is 17.7 Å². The van der Waals surface area contributed by atoms with E-state index in [2.05, 4.69) is 15.6 Å². The van der Waals surface area contributed by atoms with Gasteiger partial charge in [-0.2, -0.15) is 13.2 Å². The second kappa shape index (κ2) is 10.2. The van der Waals surface area contributed by atoms with Gasteiger partial charge in [-0.15, -0.1) is 0 Å². The number of halogens is 4. The molecular weight excluding hydrogens is 470 g/mol. The first-order chi connectivity index (χ1) is 17.2. The minimum atomic E-state index is -4.58. The molecule has 0 aliphatic rings. The maximum Gasteiger partial charge on any atom is 0.416 e. The number of amides is 2. The predicted molar refractivity (Wildman–Crippen MR) is 130 cm³/mol. The number of pyridine rings is 1. The molecule has 0 saturated heterocycles. The van der Waals surface area contributed by atoms with Gasteiger partial charge in [0.05, 0.1) is 11.3 Å². The van der Waals surface area contributed by atoms with Gasteiger partial charge in [0.2, 0.25) is 0 Å². The predicted octanol–water partition coefficient (Wildman–Crippen LogP) is 6.86. The lowest BCUT2D eigenvalue weighted by molar-refractivity contribution is -0.137. The van der Waals surface area contributed by atoms with Gasteiger partial charge in [0.1, 0.15) is 11.4 Å². The number of hydrogen-bond acceptors (Lipinski definition) is 2. The Labute approximate surface area is 206 Å². The van der Waals surface area contributed by atoms with Gasteiger partial charge in [-0.1, -0.05) is 48.5 Å². The summed E-state index contributed by atoms with van der Waals surface area (Å²) in [7, 11) is 0.